The Labute approximate surface area is 195 Å². The van der Waals surface area contributed by atoms with Crippen molar-refractivity contribution in [2.75, 3.05) is 33.3 Å². The fraction of sp³-hybridized carbons (Fsp3) is 0.350. The third kappa shape index (κ3) is 4.92. The number of methoxy groups -OCH3 is 1. The standard InChI is InChI=1S/C20H23BClN3O4S2/c1-5-23-18(26)17-16(29-9-28-6-2)14-15(24-20(30-4)25-19(14)31-17)10-7-13(27-3)11(21)8-12(10)22/h7-8H,5-6,9,21H2,1-4H3,(H,23,26). The van der Waals surface area contributed by atoms with Crippen LogP contribution < -0.4 is 20.3 Å². The number of hydrogen-bond acceptors (Lipinski definition) is 8. The Morgan fingerprint density at radius 1 is 1.32 bits per heavy atom. The van der Waals surface area contributed by atoms with Crippen molar-refractivity contribution in [3.8, 4) is 22.8 Å². The van der Waals surface area contributed by atoms with Crippen molar-refractivity contribution < 1.29 is 19.0 Å². The van der Waals surface area contributed by atoms with Gasteiger partial charge < -0.3 is 19.5 Å². The smallest absolute Gasteiger partial charge is 0.265 e. The summed E-state index contributed by atoms with van der Waals surface area (Å²) >= 11 is 9.29. The van der Waals surface area contributed by atoms with E-state index in [1.165, 1.54) is 23.1 Å². The highest BCUT2D eigenvalue weighted by molar-refractivity contribution is 7.98. The molecule has 2 heterocycles. The maximum Gasteiger partial charge on any atom is 0.265 e. The summed E-state index contributed by atoms with van der Waals surface area (Å²) in [5, 5.41) is 4.54. The van der Waals surface area contributed by atoms with Crippen LogP contribution in [0.3, 0.4) is 0 Å². The molecule has 0 radical (unpaired) electrons. The molecule has 7 nitrogen and oxygen atoms in total. The molecular weight excluding hydrogens is 457 g/mol. The molecule has 164 valence electrons. The number of carbonyl (C=O) groups is 1. The van der Waals surface area contributed by atoms with E-state index in [-0.39, 0.29) is 12.7 Å². The van der Waals surface area contributed by atoms with Gasteiger partial charge in [0.1, 0.15) is 23.3 Å². The first-order valence-corrected chi connectivity index (χ1v) is 12.1. The van der Waals surface area contributed by atoms with Crippen LogP contribution >= 0.6 is 34.7 Å². The van der Waals surface area contributed by atoms with Gasteiger partial charge >= 0.3 is 0 Å². The van der Waals surface area contributed by atoms with Crippen LogP contribution in [-0.4, -0.2) is 57.0 Å². The van der Waals surface area contributed by atoms with Crippen LogP contribution in [0.2, 0.25) is 5.02 Å². The maximum atomic E-state index is 12.8. The third-order valence-corrected chi connectivity index (χ3v) is 6.37. The van der Waals surface area contributed by atoms with Crippen LogP contribution in [-0.2, 0) is 4.74 Å². The number of nitrogens with one attached hydrogen (secondary N) is 1. The predicted molar refractivity (Wildman–Crippen MR) is 130 cm³/mol. The van der Waals surface area contributed by atoms with Gasteiger partial charge in [-0.3, -0.25) is 4.79 Å². The number of thiophene rings is 1. The zero-order valence-corrected chi connectivity index (χ0v) is 20.4. The van der Waals surface area contributed by atoms with Crippen LogP contribution in [0.15, 0.2) is 17.3 Å². The van der Waals surface area contributed by atoms with Gasteiger partial charge in [0.25, 0.3) is 5.91 Å². The van der Waals surface area contributed by atoms with Gasteiger partial charge in [0.2, 0.25) is 0 Å². The van der Waals surface area contributed by atoms with Gasteiger partial charge in [-0.25, -0.2) is 9.97 Å². The molecule has 0 atom stereocenters. The van der Waals surface area contributed by atoms with E-state index < -0.39 is 0 Å². The molecule has 3 rings (SSSR count). The summed E-state index contributed by atoms with van der Waals surface area (Å²) in [5.41, 5.74) is 2.16. The summed E-state index contributed by atoms with van der Waals surface area (Å²) in [5.74, 6) is 0.840. The van der Waals surface area contributed by atoms with Gasteiger partial charge in [-0.15, -0.1) is 11.3 Å². The van der Waals surface area contributed by atoms with Crippen molar-refractivity contribution in [1.82, 2.24) is 15.3 Å². The summed E-state index contributed by atoms with van der Waals surface area (Å²) in [6, 6.07) is 3.68. The van der Waals surface area contributed by atoms with Crippen molar-refractivity contribution in [1.29, 1.82) is 0 Å². The van der Waals surface area contributed by atoms with Crippen molar-refractivity contribution in [2.24, 2.45) is 0 Å². The highest BCUT2D eigenvalue weighted by atomic mass is 35.5. The summed E-state index contributed by atoms with van der Waals surface area (Å²) in [6.07, 6.45) is 1.90. The number of nitrogens with zero attached hydrogens (tertiary/aromatic N) is 2. The molecule has 3 aromatic rings. The average molecular weight is 480 g/mol. The van der Waals surface area contributed by atoms with Crippen molar-refractivity contribution in [3.63, 3.8) is 0 Å². The summed E-state index contributed by atoms with van der Waals surface area (Å²) in [4.78, 5) is 23.2. The van der Waals surface area contributed by atoms with Crippen molar-refractivity contribution in [2.45, 2.75) is 19.0 Å². The van der Waals surface area contributed by atoms with Gasteiger partial charge in [-0.05, 0) is 37.7 Å². The van der Waals surface area contributed by atoms with Crippen LogP contribution in [0.1, 0.15) is 23.5 Å². The number of thioether (sulfide) groups is 1. The number of rotatable bonds is 9. The molecule has 0 fully saturated rings. The molecule has 0 aliphatic heterocycles. The minimum absolute atomic E-state index is 0.00338. The lowest BCUT2D eigenvalue weighted by Crippen LogP contribution is -2.22. The molecule has 0 saturated heterocycles. The zero-order chi connectivity index (χ0) is 22.5. The van der Waals surface area contributed by atoms with E-state index >= 15 is 0 Å². The van der Waals surface area contributed by atoms with E-state index in [1.807, 2.05) is 40.1 Å². The molecule has 0 unspecified atom stereocenters. The van der Waals surface area contributed by atoms with E-state index in [9.17, 15) is 4.79 Å². The second-order valence-corrected chi connectivity index (χ2v) is 8.60. The Morgan fingerprint density at radius 2 is 2.10 bits per heavy atom. The van der Waals surface area contributed by atoms with Crippen LogP contribution in [0.5, 0.6) is 11.5 Å². The van der Waals surface area contributed by atoms with E-state index in [4.69, 9.17) is 30.8 Å². The number of halogens is 1. The summed E-state index contributed by atoms with van der Waals surface area (Å²) in [7, 11) is 3.53. The molecule has 1 amide bonds. The summed E-state index contributed by atoms with van der Waals surface area (Å²) in [6.45, 7) is 4.72. The molecule has 0 saturated carbocycles. The highest BCUT2D eigenvalue weighted by Gasteiger charge is 2.26. The lowest BCUT2D eigenvalue weighted by molar-refractivity contribution is 0.0231. The predicted octanol–water partition coefficient (Wildman–Crippen LogP) is 3.12. The molecule has 1 N–H and O–H groups in total. The minimum atomic E-state index is -0.235. The first-order valence-electron chi connectivity index (χ1n) is 9.66. The monoisotopic (exact) mass is 479 g/mol. The van der Waals surface area contributed by atoms with Crippen LogP contribution in [0.4, 0.5) is 0 Å². The molecule has 0 bridgehead atoms. The minimum Gasteiger partial charge on any atom is -0.497 e. The number of carbonyl (C=O) groups excluding carboxylic acids is 1. The lowest BCUT2D eigenvalue weighted by Gasteiger charge is -2.13. The van der Waals surface area contributed by atoms with E-state index in [1.54, 1.807) is 7.11 Å². The largest absolute Gasteiger partial charge is 0.497 e. The normalized spacial score (nSPS) is 11.0. The van der Waals surface area contributed by atoms with Gasteiger partial charge in [0, 0.05) is 23.7 Å². The molecule has 0 aliphatic rings. The number of ether oxygens (including phenoxy) is 3. The van der Waals surface area contributed by atoms with Crippen molar-refractivity contribution >= 4 is 64.1 Å². The fourth-order valence-electron chi connectivity index (χ4n) is 3.01. The quantitative estimate of drug-likeness (QED) is 0.166. The van der Waals surface area contributed by atoms with Gasteiger partial charge in [0.15, 0.2) is 17.7 Å². The number of hydrogen-bond donors (Lipinski definition) is 1. The second kappa shape index (κ2) is 10.5. The average Bonchev–Trinajstić information content (AvgIpc) is 3.12. The van der Waals surface area contributed by atoms with E-state index in [0.29, 0.717) is 61.2 Å². The van der Waals surface area contributed by atoms with Crippen LogP contribution in [0, 0.1) is 0 Å². The Bertz CT molecular complexity index is 1110. The molecule has 0 spiro atoms. The second-order valence-electron chi connectivity index (χ2n) is 6.42. The third-order valence-electron chi connectivity index (χ3n) is 4.44. The molecular formula is C20H23BClN3O4S2. The lowest BCUT2D eigenvalue weighted by atomic mass is 9.92. The van der Waals surface area contributed by atoms with E-state index in [0.717, 1.165) is 5.46 Å². The van der Waals surface area contributed by atoms with E-state index in [2.05, 4.69) is 10.3 Å². The molecule has 11 heteroatoms. The van der Waals surface area contributed by atoms with Crippen molar-refractivity contribution in [3.05, 3.63) is 22.0 Å². The Balaban J connectivity index is 2.33. The first-order chi connectivity index (χ1) is 14.9. The maximum absolute atomic E-state index is 12.8. The molecule has 1 aromatic carbocycles. The number of aromatic nitrogens is 2. The topological polar surface area (TPSA) is 82.6 Å². The fourth-order valence-corrected chi connectivity index (χ4v) is 4.77. The Kier molecular flexibility index (Phi) is 8.04. The molecule has 2 aromatic heterocycles. The zero-order valence-electron chi connectivity index (χ0n) is 18.0. The van der Waals surface area contributed by atoms with Crippen LogP contribution in [0.25, 0.3) is 21.5 Å². The highest BCUT2D eigenvalue weighted by Crippen LogP contribution is 2.44. The number of benzene rings is 1. The Morgan fingerprint density at radius 3 is 2.74 bits per heavy atom. The number of amides is 1. The summed E-state index contributed by atoms with van der Waals surface area (Å²) < 4.78 is 16.8. The van der Waals surface area contributed by atoms with Gasteiger partial charge in [-0.1, -0.05) is 23.4 Å². The van der Waals surface area contributed by atoms with Gasteiger partial charge in [-0.2, -0.15) is 0 Å². The Hall–Kier alpha value is -2.01. The number of fused-ring (bicyclic) bond motifs is 1. The first kappa shape index (κ1) is 23.7. The SMILES string of the molecule is Bc1cc(Cl)c(-c2nc(SC)nc3sc(C(=O)NCC)c(OCOCC)c23)cc1OC. The van der Waals surface area contributed by atoms with Gasteiger partial charge in [0.05, 0.1) is 18.2 Å². The molecule has 31 heavy (non-hydrogen) atoms. The molecule has 0 aliphatic carbocycles.